The second-order valence-corrected chi connectivity index (χ2v) is 5.33. The van der Waals surface area contributed by atoms with Crippen LogP contribution in [0.25, 0.3) is 0 Å². The second-order valence-electron chi connectivity index (χ2n) is 5.33. The van der Waals surface area contributed by atoms with Gasteiger partial charge in [-0.3, -0.25) is 4.79 Å². The van der Waals surface area contributed by atoms with Crippen LogP contribution in [-0.4, -0.2) is 12.5 Å². The van der Waals surface area contributed by atoms with Gasteiger partial charge in [-0.25, -0.2) is 0 Å². The van der Waals surface area contributed by atoms with Crippen LogP contribution < -0.4 is 11.1 Å². The highest BCUT2D eigenvalue weighted by molar-refractivity contribution is 5.95. The van der Waals surface area contributed by atoms with Crippen molar-refractivity contribution in [1.29, 1.82) is 0 Å². The molecule has 0 radical (unpaired) electrons. The van der Waals surface area contributed by atoms with E-state index in [0.29, 0.717) is 11.3 Å². The number of nitrogens with one attached hydrogen (secondary N) is 1. The second kappa shape index (κ2) is 5.89. The van der Waals surface area contributed by atoms with E-state index in [9.17, 15) is 4.79 Å². The van der Waals surface area contributed by atoms with Gasteiger partial charge in [0, 0.05) is 17.8 Å². The lowest BCUT2D eigenvalue weighted by Crippen LogP contribution is -2.25. The fourth-order valence-electron chi connectivity index (χ4n) is 2.73. The molecule has 3 heteroatoms. The van der Waals surface area contributed by atoms with Crippen LogP contribution in [0.15, 0.2) is 18.2 Å². The number of aryl methyl sites for hydroxylation is 1. The lowest BCUT2D eigenvalue weighted by molar-refractivity contribution is 0.0951. The third kappa shape index (κ3) is 3.49. The predicted octanol–water partition coefficient (Wildman–Crippen LogP) is 2.89. The summed E-state index contributed by atoms with van der Waals surface area (Å²) in [5.41, 5.74) is 8.08. The average molecular weight is 246 g/mol. The van der Waals surface area contributed by atoms with Gasteiger partial charge in [0.25, 0.3) is 5.91 Å². The molecule has 3 nitrogen and oxygen atoms in total. The van der Waals surface area contributed by atoms with Crippen LogP contribution >= 0.6 is 0 Å². The summed E-state index contributed by atoms with van der Waals surface area (Å²) in [6.45, 7) is 2.73. The summed E-state index contributed by atoms with van der Waals surface area (Å²) in [5, 5.41) is 2.99. The number of nitrogens with two attached hydrogens (primary N) is 1. The van der Waals surface area contributed by atoms with E-state index >= 15 is 0 Å². The van der Waals surface area contributed by atoms with Gasteiger partial charge >= 0.3 is 0 Å². The molecule has 1 aromatic rings. The van der Waals surface area contributed by atoms with Gasteiger partial charge in [0.1, 0.15) is 0 Å². The van der Waals surface area contributed by atoms with Crippen LogP contribution in [0.1, 0.15) is 48.0 Å². The van der Waals surface area contributed by atoms with Gasteiger partial charge in [0.15, 0.2) is 0 Å². The van der Waals surface area contributed by atoms with Gasteiger partial charge < -0.3 is 11.1 Å². The zero-order valence-corrected chi connectivity index (χ0v) is 11.0. The van der Waals surface area contributed by atoms with Gasteiger partial charge in [0.2, 0.25) is 0 Å². The molecular weight excluding hydrogens is 224 g/mol. The van der Waals surface area contributed by atoms with Crippen molar-refractivity contribution >= 4 is 11.6 Å². The van der Waals surface area contributed by atoms with E-state index in [1.54, 1.807) is 6.07 Å². The Morgan fingerprint density at radius 1 is 1.33 bits per heavy atom. The predicted molar refractivity (Wildman–Crippen MR) is 74.5 cm³/mol. The fraction of sp³-hybridized carbons (Fsp3) is 0.533. The standard InChI is InChI=1S/C15H22N2O/c1-11-8-13(10-14(16)9-11)15(18)17-7-6-12-4-2-3-5-12/h8-10,12H,2-7,16H2,1H3,(H,17,18). The average Bonchev–Trinajstić information content (AvgIpc) is 2.80. The van der Waals surface area contributed by atoms with E-state index in [4.69, 9.17) is 5.73 Å². The molecular formula is C15H22N2O. The summed E-state index contributed by atoms with van der Waals surface area (Å²) in [7, 11) is 0. The number of benzene rings is 1. The number of hydrogen-bond donors (Lipinski definition) is 2. The van der Waals surface area contributed by atoms with Crippen molar-refractivity contribution in [3.63, 3.8) is 0 Å². The van der Waals surface area contributed by atoms with Crippen LogP contribution in [0, 0.1) is 12.8 Å². The van der Waals surface area contributed by atoms with E-state index < -0.39 is 0 Å². The highest BCUT2D eigenvalue weighted by Crippen LogP contribution is 2.26. The molecule has 0 aromatic heterocycles. The Labute approximate surface area is 109 Å². The van der Waals surface area contributed by atoms with E-state index in [-0.39, 0.29) is 5.91 Å². The first kappa shape index (κ1) is 12.9. The minimum atomic E-state index is -0.0107. The van der Waals surface area contributed by atoms with Crippen molar-refractivity contribution in [3.8, 4) is 0 Å². The van der Waals surface area contributed by atoms with Crippen molar-refractivity contribution in [1.82, 2.24) is 5.32 Å². The highest BCUT2D eigenvalue weighted by Gasteiger charge is 2.15. The molecule has 1 saturated carbocycles. The maximum atomic E-state index is 12.0. The van der Waals surface area contributed by atoms with Gasteiger partial charge in [-0.15, -0.1) is 0 Å². The summed E-state index contributed by atoms with van der Waals surface area (Å²) < 4.78 is 0. The Morgan fingerprint density at radius 3 is 2.72 bits per heavy atom. The lowest BCUT2D eigenvalue weighted by Gasteiger charge is -2.10. The molecule has 2 rings (SSSR count). The summed E-state index contributed by atoms with van der Waals surface area (Å²) >= 11 is 0. The molecule has 98 valence electrons. The minimum Gasteiger partial charge on any atom is -0.399 e. The zero-order valence-electron chi connectivity index (χ0n) is 11.0. The first-order valence-corrected chi connectivity index (χ1v) is 6.80. The van der Waals surface area contributed by atoms with E-state index in [2.05, 4.69) is 5.32 Å². The maximum absolute atomic E-state index is 12.0. The number of rotatable bonds is 4. The minimum absolute atomic E-state index is 0.0107. The quantitative estimate of drug-likeness (QED) is 0.803. The monoisotopic (exact) mass is 246 g/mol. The number of nitrogen functional groups attached to an aromatic ring is 1. The van der Waals surface area contributed by atoms with Crippen molar-refractivity contribution in [3.05, 3.63) is 29.3 Å². The number of anilines is 1. The molecule has 1 aliphatic rings. The molecule has 0 atom stereocenters. The molecule has 0 saturated heterocycles. The molecule has 3 N–H and O–H groups in total. The Morgan fingerprint density at radius 2 is 2.06 bits per heavy atom. The molecule has 18 heavy (non-hydrogen) atoms. The van der Waals surface area contributed by atoms with Crippen LogP contribution in [0.5, 0.6) is 0 Å². The first-order chi connectivity index (χ1) is 8.65. The van der Waals surface area contributed by atoms with Gasteiger partial charge in [0.05, 0.1) is 0 Å². The third-order valence-corrected chi connectivity index (χ3v) is 3.67. The SMILES string of the molecule is Cc1cc(N)cc(C(=O)NCCC2CCCC2)c1. The summed E-state index contributed by atoms with van der Waals surface area (Å²) in [5.74, 6) is 0.802. The summed E-state index contributed by atoms with van der Waals surface area (Å²) in [4.78, 5) is 12.0. The number of hydrogen-bond acceptors (Lipinski definition) is 2. The zero-order chi connectivity index (χ0) is 13.0. The number of amides is 1. The lowest BCUT2D eigenvalue weighted by atomic mass is 10.0. The first-order valence-electron chi connectivity index (χ1n) is 6.80. The highest BCUT2D eigenvalue weighted by atomic mass is 16.1. The van der Waals surface area contributed by atoms with Crippen LogP contribution in [0.3, 0.4) is 0 Å². The van der Waals surface area contributed by atoms with Crippen molar-refractivity contribution < 1.29 is 4.79 Å². The summed E-state index contributed by atoms with van der Waals surface area (Å²) in [6.07, 6.45) is 6.47. The molecule has 1 fully saturated rings. The molecule has 0 unspecified atom stereocenters. The van der Waals surface area contributed by atoms with Crippen molar-refractivity contribution in [2.75, 3.05) is 12.3 Å². The third-order valence-electron chi connectivity index (χ3n) is 3.67. The molecule has 1 aromatic carbocycles. The van der Waals surface area contributed by atoms with Gasteiger partial charge in [-0.1, -0.05) is 25.7 Å². The molecule has 1 aliphatic carbocycles. The molecule has 0 heterocycles. The Balaban J connectivity index is 1.83. The maximum Gasteiger partial charge on any atom is 0.251 e. The normalized spacial score (nSPS) is 15.8. The Hall–Kier alpha value is -1.51. The fourth-order valence-corrected chi connectivity index (χ4v) is 2.73. The van der Waals surface area contributed by atoms with Crippen molar-refractivity contribution in [2.45, 2.75) is 39.0 Å². The van der Waals surface area contributed by atoms with Gasteiger partial charge in [-0.2, -0.15) is 0 Å². The Bertz CT molecular complexity index is 402. The molecule has 0 bridgehead atoms. The van der Waals surface area contributed by atoms with E-state index in [1.165, 1.54) is 25.7 Å². The summed E-state index contributed by atoms with van der Waals surface area (Å²) in [6, 6.07) is 5.48. The number of carbonyl (C=O) groups excluding carboxylic acids is 1. The largest absolute Gasteiger partial charge is 0.399 e. The molecule has 1 amide bonds. The van der Waals surface area contributed by atoms with Crippen LogP contribution in [0.2, 0.25) is 0 Å². The molecule has 0 aliphatic heterocycles. The van der Waals surface area contributed by atoms with E-state index in [0.717, 1.165) is 24.4 Å². The van der Waals surface area contributed by atoms with E-state index in [1.807, 2.05) is 19.1 Å². The smallest absolute Gasteiger partial charge is 0.251 e. The number of carbonyl (C=O) groups is 1. The van der Waals surface area contributed by atoms with Gasteiger partial charge in [-0.05, 0) is 43.0 Å². The van der Waals surface area contributed by atoms with Crippen LogP contribution in [-0.2, 0) is 0 Å². The topological polar surface area (TPSA) is 55.1 Å². The Kier molecular flexibility index (Phi) is 4.24. The van der Waals surface area contributed by atoms with Crippen molar-refractivity contribution in [2.24, 2.45) is 5.92 Å². The molecule has 0 spiro atoms. The van der Waals surface area contributed by atoms with Crippen LogP contribution in [0.4, 0.5) is 5.69 Å².